The van der Waals surface area contributed by atoms with Gasteiger partial charge in [-0.15, -0.1) is 0 Å². The summed E-state index contributed by atoms with van der Waals surface area (Å²) in [6, 6.07) is 8.28. The summed E-state index contributed by atoms with van der Waals surface area (Å²) in [6.07, 6.45) is 9.14. The van der Waals surface area contributed by atoms with E-state index in [4.69, 9.17) is 0 Å². The van der Waals surface area contributed by atoms with Crippen molar-refractivity contribution < 1.29 is 4.79 Å². The van der Waals surface area contributed by atoms with Gasteiger partial charge < -0.3 is 9.80 Å². The maximum absolute atomic E-state index is 12.4. The number of carbonyl (C=O) groups is 1. The summed E-state index contributed by atoms with van der Waals surface area (Å²) in [5.41, 5.74) is 4.24. The number of rotatable bonds is 2. The van der Waals surface area contributed by atoms with Gasteiger partial charge in [0.1, 0.15) is 0 Å². The lowest BCUT2D eigenvalue weighted by atomic mass is 9.91. The molecule has 1 heterocycles. The number of nitrogens with zero attached hydrogens (tertiary/aromatic N) is 2. The summed E-state index contributed by atoms with van der Waals surface area (Å²) < 4.78 is 0. The minimum absolute atomic E-state index is 0.117. The molecule has 2 aliphatic rings. The lowest BCUT2D eigenvalue weighted by molar-refractivity contribution is -0.122. The number of fused-ring (bicyclic) bond motifs is 1. The molecule has 0 N–H and O–H groups in total. The molecule has 0 spiro atoms. The maximum Gasteiger partial charge on any atom is 0.254 e. The first kappa shape index (κ1) is 13.7. The van der Waals surface area contributed by atoms with Crippen LogP contribution in [0.2, 0.25) is 0 Å². The molecule has 1 aromatic rings. The summed E-state index contributed by atoms with van der Waals surface area (Å²) >= 11 is 0. The molecule has 1 aliphatic heterocycles. The summed E-state index contributed by atoms with van der Waals surface area (Å²) in [6.45, 7) is 0. The fourth-order valence-corrected chi connectivity index (χ4v) is 2.92. The molecule has 0 radical (unpaired) electrons. The topological polar surface area (TPSA) is 23.6 Å². The van der Waals surface area contributed by atoms with E-state index < -0.39 is 0 Å². The van der Waals surface area contributed by atoms with E-state index in [1.54, 1.807) is 4.90 Å². The van der Waals surface area contributed by atoms with Crippen molar-refractivity contribution in [1.29, 1.82) is 0 Å². The van der Waals surface area contributed by atoms with Gasteiger partial charge in [0.2, 0.25) is 0 Å². The van der Waals surface area contributed by atoms with Crippen LogP contribution in [-0.4, -0.2) is 32.0 Å². The van der Waals surface area contributed by atoms with Crippen molar-refractivity contribution in [2.24, 2.45) is 5.92 Å². The number of amides is 1. The second kappa shape index (κ2) is 5.24. The first-order chi connectivity index (χ1) is 10.1. The van der Waals surface area contributed by atoms with E-state index in [0.29, 0.717) is 0 Å². The van der Waals surface area contributed by atoms with Crippen molar-refractivity contribution in [2.75, 3.05) is 26.0 Å². The molecule has 108 valence electrons. The number of anilines is 1. The predicted molar refractivity (Wildman–Crippen MR) is 86.8 cm³/mol. The van der Waals surface area contributed by atoms with Gasteiger partial charge in [-0.3, -0.25) is 4.79 Å². The highest BCUT2D eigenvalue weighted by Gasteiger charge is 2.37. The highest BCUT2D eigenvalue weighted by atomic mass is 16.2. The lowest BCUT2D eigenvalue weighted by Gasteiger charge is -2.16. The average molecular weight is 280 g/mol. The largest absolute Gasteiger partial charge is 0.378 e. The SMILES string of the molecule is CN1C(=O)C(=Cc2ccc(N(C)C)cc2)C2CC=CC=C21. The second-order valence-corrected chi connectivity index (χ2v) is 5.76. The van der Waals surface area contributed by atoms with Crippen LogP contribution in [0.25, 0.3) is 6.08 Å². The van der Waals surface area contributed by atoms with Gasteiger partial charge in [0.15, 0.2) is 0 Å². The number of benzene rings is 1. The van der Waals surface area contributed by atoms with Crippen LogP contribution in [0.15, 0.2) is 53.8 Å². The quantitative estimate of drug-likeness (QED) is 0.777. The van der Waals surface area contributed by atoms with Crippen LogP contribution in [0.1, 0.15) is 12.0 Å². The smallest absolute Gasteiger partial charge is 0.254 e. The van der Waals surface area contributed by atoms with Crippen LogP contribution < -0.4 is 4.90 Å². The molecule has 1 aliphatic carbocycles. The molecule has 1 amide bonds. The van der Waals surface area contributed by atoms with E-state index in [1.165, 1.54) is 0 Å². The van der Waals surface area contributed by atoms with Gasteiger partial charge in [-0.25, -0.2) is 0 Å². The molecule has 3 heteroatoms. The molecule has 0 bridgehead atoms. The zero-order valence-electron chi connectivity index (χ0n) is 12.7. The molecular weight excluding hydrogens is 260 g/mol. The number of likely N-dealkylation sites (tertiary alicyclic amines) is 1. The van der Waals surface area contributed by atoms with Gasteiger partial charge in [-0.05, 0) is 36.3 Å². The van der Waals surface area contributed by atoms with E-state index in [-0.39, 0.29) is 11.8 Å². The molecule has 1 atom stereocenters. The fourth-order valence-electron chi connectivity index (χ4n) is 2.92. The van der Waals surface area contributed by atoms with Gasteiger partial charge >= 0.3 is 0 Å². The minimum atomic E-state index is 0.117. The van der Waals surface area contributed by atoms with Crippen LogP contribution in [0.4, 0.5) is 5.69 Å². The summed E-state index contributed by atoms with van der Waals surface area (Å²) in [5, 5.41) is 0. The molecule has 1 fully saturated rings. The van der Waals surface area contributed by atoms with Crippen molar-refractivity contribution in [3.8, 4) is 0 Å². The third-order valence-electron chi connectivity index (χ3n) is 4.18. The molecule has 3 nitrogen and oxygen atoms in total. The van der Waals surface area contributed by atoms with Gasteiger partial charge in [0.05, 0.1) is 0 Å². The number of carbonyl (C=O) groups excluding carboxylic acids is 1. The zero-order chi connectivity index (χ0) is 15.0. The molecule has 1 aromatic carbocycles. The van der Waals surface area contributed by atoms with Gasteiger partial charge in [0.25, 0.3) is 5.91 Å². The van der Waals surface area contributed by atoms with E-state index in [1.807, 2.05) is 39.4 Å². The van der Waals surface area contributed by atoms with Crippen LogP contribution in [0, 0.1) is 5.92 Å². The normalized spacial score (nSPS) is 22.5. The number of hydrogen-bond acceptors (Lipinski definition) is 2. The highest BCUT2D eigenvalue weighted by Crippen LogP contribution is 2.38. The first-order valence-corrected chi connectivity index (χ1v) is 7.21. The van der Waals surface area contributed by atoms with Gasteiger partial charge in [-0.2, -0.15) is 0 Å². The molecule has 1 unspecified atom stereocenters. The second-order valence-electron chi connectivity index (χ2n) is 5.76. The third kappa shape index (κ3) is 2.40. The Hall–Kier alpha value is -2.29. The Balaban J connectivity index is 1.94. The maximum atomic E-state index is 12.4. The Labute approximate surface area is 125 Å². The van der Waals surface area contributed by atoms with Crippen molar-refractivity contribution in [1.82, 2.24) is 4.90 Å². The Kier molecular flexibility index (Phi) is 3.42. The lowest BCUT2D eigenvalue weighted by Crippen LogP contribution is -2.18. The van der Waals surface area contributed by atoms with E-state index in [9.17, 15) is 4.79 Å². The molecule has 0 aromatic heterocycles. The van der Waals surface area contributed by atoms with Crippen LogP contribution in [0.5, 0.6) is 0 Å². The molecule has 21 heavy (non-hydrogen) atoms. The Morgan fingerprint density at radius 2 is 1.95 bits per heavy atom. The van der Waals surface area contributed by atoms with E-state index >= 15 is 0 Å². The predicted octanol–water partition coefficient (Wildman–Crippen LogP) is 3.07. The van der Waals surface area contributed by atoms with Crippen LogP contribution in [-0.2, 0) is 4.79 Å². The van der Waals surface area contributed by atoms with Crippen molar-refractivity contribution >= 4 is 17.7 Å². The number of hydrogen-bond donors (Lipinski definition) is 0. The van der Waals surface area contributed by atoms with Crippen LogP contribution in [0.3, 0.4) is 0 Å². The monoisotopic (exact) mass is 280 g/mol. The fraction of sp³-hybridized carbons (Fsp3) is 0.278. The molecular formula is C18H20N2O. The van der Waals surface area contributed by atoms with E-state index in [0.717, 1.165) is 28.9 Å². The molecule has 1 saturated heterocycles. The van der Waals surface area contributed by atoms with Crippen molar-refractivity contribution in [3.63, 3.8) is 0 Å². The van der Waals surface area contributed by atoms with Gasteiger partial charge in [-0.1, -0.05) is 24.3 Å². The Morgan fingerprint density at radius 3 is 2.62 bits per heavy atom. The summed E-state index contributed by atoms with van der Waals surface area (Å²) in [4.78, 5) is 16.3. The van der Waals surface area contributed by atoms with Crippen LogP contribution >= 0.6 is 0 Å². The minimum Gasteiger partial charge on any atom is -0.378 e. The first-order valence-electron chi connectivity index (χ1n) is 7.21. The van der Waals surface area contributed by atoms with Crippen molar-refractivity contribution in [3.05, 3.63) is 59.3 Å². The molecule has 0 saturated carbocycles. The Morgan fingerprint density at radius 1 is 1.24 bits per heavy atom. The average Bonchev–Trinajstić information content (AvgIpc) is 2.73. The van der Waals surface area contributed by atoms with Gasteiger partial charge in [0, 0.05) is 44.0 Å². The van der Waals surface area contributed by atoms with E-state index in [2.05, 4.69) is 35.2 Å². The standard InChI is InChI=1S/C18H20N2O/c1-19(2)14-10-8-13(9-11-14)12-16-15-6-4-5-7-17(15)20(3)18(16)21/h4-5,7-12,15H,6H2,1-3H3. The summed E-state index contributed by atoms with van der Waals surface area (Å²) in [7, 11) is 5.90. The molecule has 3 rings (SSSR count). The van der Waals surface area contributed by atoms with Crippen molar-refractivity contribution in [2.45, 2.75) is 6.42 Å². The zero-order valence-corrected chi connectivity index (χ0v) is 12.7. The summed E-state index contributed by atoms with van der Waals surface area (Å²) in [5.74, 6) is 0.327. The number of allylic oxidation sites excluding steroid dienone is 4. The third-order valence-corrected chi connectivity index (χ3v) is 4.18. The Bertz CT molecular complexity index is 650. The highest BCUT2D eigenvalue weighted by molar-refractivity contribution is 6.03. The number of likely N-dealkylation sites (N-methyl/N-ethyl adjacent to an activating group) is 1.